The standard InChI is InChI=1S/C28H48N2O6S/c1-20(2)10-8-11-21(3)12-9-13-22(4)16-17-37-19-24(26(33)34)29-18-23(14-15-25(31)32)30-27(35)36-28(5,6)7/h10,12,16,23-24,29H,8-9,11,13-15,17-19H2,1-7H3,(H,30,35)(H,31,32)(H,33,34). The fourth-order valence-electron chi connectivity index (χ4n) is 3.23. The van der Waals surface area contributed by atoms with Crippen molar-refractivity contribution in [2.24, 2.45) is 0 Å². The molecule has 0 radical (unpaired) electrons. The van der Waals surface area contributed by atoms with E-state index < -0.39 is 35.7 Å². The highest BCUT2D eigenvalue weighted by Gasteiger charge is 2.23. The zero-order valence-electron chi connectivity index (χ0n) is 23.7. The Kier molecular flexibility index (Phi) is 17.7. The lowest BCUT2D eigenvalue weighted by Crippen LogP contribution is -2.49. The van der Waals surface area contributed by atoms with Crippen molar-refractivity contribution in [2.75, 3.05) is 18.1 Å². The number of rotatable bonds is 18. The third kappa shape index (κ3) is 21.5. The van der Waals surface area contributed by atoms with Crippen molar-refractivity contribution in [1.29, 1.82) is 0 Å². The van der Waals surface area contributed by atoms with Crippen LogP contribution in [0.25, 0.3) is 0 Å². The average molecular weight is 541 g/mol. The highest BCUT2D eigenvalue weighted by Crippen LogP contribution is 2.13. The number of carbonyl (C=O) groups excluding carboxylic acids is 1. The molecule has 9 heteroatoms. The normalized spacial score (nSPS) is 14.0. The minimum absolute atomic E-state index is 0.123. The summed E-state index contributed by atoms with van der Waals surface area (Å²) in [6.07, 6.45) is 10.2. The van der Waals surface area contributed by atoms with E-state index in [2.05, 4.69) is 56.6 Å². The van der Waals surface area contributed by atoms with Gasteiger partial charge in [-0.25, -0.2) is 4.79 Å². The predicted octanol–water partition coefficient (Wildman–Crippen LogP) is 5.94. The van der Waals surface area contributed by atoms with Crippen molar-refractivity contribution in [3.8, 4) is 0 Å². The molecule has 0 aromatic heterocycles. The van der Waals surface area contributed by atoms with E-state index in [9.17, 15) is 19.5 Å². The summed E-state index contributed by atoms with van der Waals surface area (Å²) < 4.78 is 5.24. The Balaban J connectivity index is 4.63. The van der Waals surface area contributed by atoms with Crippen molar-refractivity contribution in [2.45, 2.75) is 105 Å². The molecule has 0 heterocycles. The first kappa shape index (κ1) is 34.7. The van der Waals surface area contributed by atoms with Crippen LogP contribution in [-0.2, 0) is 14.3 Å². The molecule has 37 heavy (non-hydrogen) atoms. The second-order valence-corrected chi connectivity index (χ2v) is 11.6. The number of amides is 1. The molecule has 0 aliphatic rings. The van der Waals surface area contributed by atoms with Crippen molar-refractivity contribution < 1.29 is 29.3 Å². The second-order valence-electron chi connectivity index (χ2n) is 10.6. The molecule has 0 rings (SSSR count). The highest BCUT2D eigenvalue weighted by atomic mass is 32.2. The van der Waals surface area contributed by atoms with Crippen LogP contribution in [-0.4, -0.2) is 64.0 Å². The van der Waals surface area contributed by atoms with Crippen molar-refractivity contribution >= 4 is 29.8 Å². The Hall–Kier alpha value is -2.26. The van der Waals surface area contributed by atoms with Gasteiger partial charge in [0.15, 0.2) is 0 Å². The lowest BCUT2D eigenvalue weighted by atomic mass is 10.1. The van der Waals surface area contributed by atoms with Gasteiger partial charge in [0.25, 0.3) is 0 Å². The molecule has 4 N–H and O–H groups in total. The van der Waals surface area contributed by atoms with E-state index in [0.717, 1.165) is 25.7 Å². The van der Waals surface area contributed by atoms with Gasteiger partial charge in [0.2, 0.25) is 0 Å². The Morgan fingerprint density at radius 2 is 1.51 bits per heavy atom. The Labute approximate surface area is 227 Å². The first-order valence-electron chi connectivity index (χ1n) is 12.9. The predicted molar refractivity (Wildman–Crippen MR) is 152 cm³/mol. The van der Waals surface area contributed by atoms with Gasteiger partial charge in [-0.3, -0.25) is 9.59 Å². The van der Waals surface area contributed by atoms with Crippen LogP contribution in [0.3, 0.4) is 0 Å². The number of hydrogen-bond donors (Lipinski definition) is 4. The van der Waals surface area contributed by atoms with Gasteiger partial charge in [-0.15, -0.1) is 0 Å². The molecule has 0 aliphatic carbocycles. The van der Waals surface area contributed by atoms with Crippen LogP contribution in [0.1, 0.15) is 87.0 Å². The van der Waals surface area contributed by atoms with Crippen LogP contribution in [0.4, 0.5) is 4.79 Å². The summed E-state index contributed by atoms with van der Waals surface area (Å²) in [4.78, 5) is 34.8. The topological polar surface area (TPSA) is 125 Å². The van der Waals surface area contributed by atoms with Gasteiger partial charge < -0.3 is 25.6 Å². The number of alkyl carbamates (subject to hydrolysis) is 1. The highest BCUT2D eigenvalue weighted by molar-refractivity contribution is 7.99. The molecule has 0 fully saturated rings. The monoisotopic (exact) mass is 540 g/mol. The molecular formula is C28H48N2O6S. The largest absolute Gasteiger partial charge is 0.481 e. The Morgan fingerprint density at radius 3 is 2.05 bits per heavy atom. The van der Waals surface area contributed by atoms with Crippen LogP contribution < -0.4 is 10.6 Å². The number of allylic oxidation sites excluding steroid dienone is 5. The molecule has 212 valence electrons. The molecule has 1 amide bonds. The number of carboxylic acid groups (broad SMARTS) is 2. The fourth-order valence-corrected chi connectivity index (χ4v) is 4.26. The molecule has 0 saturated carbocycles. The van der Waals surface area contributed by atoms with Gasteiger partial charge in [0, 0.05) is 30.5 Å². The van der Waals surface area contributed by atoms with Crippen molar-refractivity contribution in [3.63, 3.8) is 0 Å². The number of aliphatic carboxylic acids is 2. The lowest BCUT2D eigenvalue weighted by Gasteiger charge is -2.24. The van der Waals surface area contributed by atoms with Gasteiger partial charge >= 0.3 is 18.0 Å². The maximum Gasteiger partial charge on any atom is 0.407 e. The van der Waals surface area contributed by atoms with E-state index in [1.165, 1.54) is 28.5 Å². The summed E-state index contributed by atoms with van der Waals surface area (Å²) in [5.41, 5.74) is 3.33. The summed E-state index contributed by atoms with van der Waals surface area (Å²) in [6, 6.07) is -1.39. The van der Waals surface area contributed by atoms with E-state index in [1.807, 2.05) is 0 Å². The van der Waals surface area contributed by atoms with E-state index in [-0.39, 0.29) is 19.4 Å². The minimum Gasteiger partial charge on any atom is -0.481 e. The third-order valence-electron chi connectivity index (χ3n) is 5.29. The average Bonchev–Trinajstić information content (AvgIpc) is 2.74. The molecule has 0 bridgehead atoms. The van der Waals surface area contributed by atoms with Gasteiger partial charge in [-0.2, -0.15) is 11.8 Å². The fraction of sp³-hybridized carbons (Fsp3) is 0.679. The molecule has 0 aromatic carbocycles. The van der Waals surface area contributed by atoms with Crippen LogP contribution in [0, 0.1) is 0 Å². The smallest absolute Gasteiger partial charge is 0.407 e. The molecule has 2 unspecified atom stereocenters. The first-order valence-corrected chi connectivity index (χ1v) is 14.0. The van der Waals surface area contributed by atoms with Crippen LogP contribution in [0.5, 0.6) is 0 Å². The lowest BCUT2D eigenvalue weighted by molar-refractivity contribution is -0.139. The summed E-state index contributed by atoms with van der Waals surface area (Å²) in [7, 11) is 0. The minimum atomic E-state index is -0.990. The van der Waals surface area contributed by atoms with E-state index in [4.69, 9.17) is 9.84 Å². The number of carbonyl (C=O) groups is 3. The molecule has 8 nitrogen and oxygen atoms in total. The van der Waals surface area contributed by atoms with E-state index in [0.29, 0.717) is 11.5 Å². The molecule has 0 aliphatic heterocycles. The van der Waals surface area contributed by atoms with Gasteiger partial charge in [-0.05, 0) is 80.6 Å². The zero-order chi connectivity index (χ0) is 28.4. The van der Waals surface area contributed by atoms with Crippen molar-refractivity contribution in [1.82, 2.24) is 10.6 Å². The Bertz CT molecular complexity index is 810. The molecule has 0 aromatic rings. The summed E-state index contributed by atoms with van der Waals surface area (Å²) in [5.74, 6) is -0.922. The Morgan fingerprint density at radius 1 is 0.919 bits per heavy atom. The second kappa shape index (κ2) is 18.9. The number of thioether (sulfide) groups is 1. The number of nitrogens with one attached hydrogen (secondary N) is 2. The van der Waals surface area contributed by atoms with E-state index in [1.54, 1.807) is 20.8 Å². The summed E-state index contributed by atoms with van der Waals surface area (Å²) in [5, 5.41) is 24.2. The maximum atomic E-state index is 12.1. The van der Waals surface area contributed by atoms with Crippen LogP contribution in [0.15, 0.2) is 34.9 Å². The zero-order valence-corrected chi connectivity index (χ0v) is 24.5. The van der Waals surface area contributed by atoms with Crippen molar-refractivity contribution in [3.05, 3.63) is 34.9 Å². The summed E-state index contributed by atoms with van der Waals surface area (Å²) >= 11 is 1.52. The maximum absolute atomic E-state index is 12.1. The van der Waals surface area contributed by atoms with Crippen LogP contribution >= 0.6 is 11.8 Å². The van der Waals surface area contributed by atoms with Gasteiger partial charge in [0.05, 0.1) is 0 Å². The third-order valence-corrected chi connectivity index (χ3v) is 6.26. The van der Waals surface area contributed by atoms with Gasteiger partial charge in [-0.1, -0.05) is 34.9 Å². The molecule has 2 atom stereocenters. The summed E-state index contributed by atoms with van der Waals surface area (Å²) in [6.45, 7) is 13.8. The number of carboxylic acids is 2. The SMILES string of the molecule is CC(C)=CCCC(C)=CCCC(C)=CCSCC(NCC(CCC(=O)O)NC(=O)OC(C)(C)C)C(=O)O. The number of ether oxygens (including phenoxy) is 1. The van der Waals surface area contributed by atoms with Crippen LogP contribution in [0.2, 0.25) is 0 Å². The number of hydrogen-bond acceptors (Lipinski definition) is 6. The first-order chi connectivity index (χ1) is 17.2. The molecule has 0 spiro atoms. The van der Waals surface area contributed by atoms with E-state index >= 15 is 0 Å². The quantitative estimate of drug-likeness (QED) is 0.124. The molecular weight excluding hydrogens is 492 g/mol. The van der Waals surface area contributed by atoms with Gasteiger partial charge in [0.1, 0.15) is 11.6 Å². The molecule has 0 saturated heterocycles.